The van der Waals surface area contributed by atoms with Gasteiger partial charge in [-0.15, -0.1) is 0 Å². The molecule has 2 nitrogen and oxygen atoms in total. The molecule has 2 rings (SSSR count). The van der Waals surface area contributed by atoms with Gasteiger partial charge in [-0.1, -0.05) is 18.2 Å². The summed E-state index contributed by atoms with van der Waals surface area (Å²) in [5.41, 5.74) is 2.19. The largest absolute Gasteiger partial charge is 0.464 e. The summed E-state index contributed by atoms with van der Waals surface area (Å²) in [6, 6.07) is 8.08. The molecule has 0 aliphatic carbocycles. The van der Waals surface area contributed by atoms with Crippen LogP contribution in [0.5, 0.6) is 0 Å². The third kappa shape index (κ3) is 1.80. The molecule has 2 aromatic rings. The molecule has 0 saturated carbocycles. The van der Waals surface area contributed by atoms with Crippen molar-refractivity contribution < 1.29 is 9.15 Å². The highest BCUT2D eigenvalue weighted by Crippen LogP contribution is 2.20. The molecule has 0 fully saturated rings. The van der Waals surface area contributed by atoms with E-state index in [4.69, 9.17) is 9.15 Å². The molecule has 0 aliphatic rings. The second-order valence-electron chi connectivity index (χ2n) is 3.20. The lowest BCUT2D eigenvalue weighted by atomic mass is 10.1. The Bertz CT molecular complexity index is 403. The monoisotopic (exact) mass is 190 g/mol. The van der Waals surface area contributed by atoms with Gasteiger partial charge < -0.3 is 9.15 Å². The van der Waals surface area contributed by atoms with Crippen LogP contribution in [0.3, 0.4) is 0 Å². The first kappa shape index (κ1) is 9.28. The Morgan fingerprint density at radius 1 is 1.29 bits per heavy atom. The van der Waals surface area contributed by atoms with E-state index in [1.165, 1.54) is 10.9 Å². The second kappa shape index (κ2) is 4.29. The van der Waals surface area contributed by atoms with Gasteiger partial charge in [0.15, 0.2) is 0 Å². The number of furan rings is 1. The first-order chi connectivity index (χ1) is 6.92. The number of ether oxygens (including phenoxy) is 1. The van der Waals surface area contributed by atoms with Crippen LogP contribution >= 0.6 is 0 Å². The van der Waals surface area contributed by atoms with Crippen molar-refractivity contribution in [3.8, 4) is 0 Å². The van der Waals surface area contributed by atoms with Crippen LogP contribution in [0.15, 0.2) is 34.9 Å². The van der Waals surface area contributed by atoms with Crippen LogP contribution in [0.2, 0.25) is 0 Å². The highest BCUT2D eigenvalue weighted by Gasteiger charge is 2.03. The Hall–Kier alpha value is -1.28. The topological polar surface area (TPSA) is 22.4 Å². The van der Waals surface area contributed by atoms with Crippen molar-refractivity contribution in [2.24, 2.45) is 0 Å². The van der Waals surface area contributed by atoms with Gasteiger partial charge in [-0.05, 0) is 19.4 Å². The van der Waals surface area contributed by atoms with Gasteiger partial charge in [0.1, 0.15) is 5.58 Å². The average molecular weight is 190 g/mol. The van der Waals surface area contributed by atoms with Crippen LogP contribution in [0, 0.1) is 0 Å². The molecule has 0 spiro atoms. The third-order valence-corrected chi connectivity index (χ3v) is 2.28. The van der Waals surface area contributed by atoms with Crippen LogP contribution in [0.25, 0.3) is 11.0 Å². The molecule has 0 unspecified atom stereocenters. The molecular formula is C12H14O2. The fourth-order valence-corrected chi connectivity index (χ4v) is 1.55. The molecule has 0 radical (unpaired) electrons. The highest BCUT2D eigenvalue weighted by molar-refractivity contribution is 5.80. The van der Waals surface area contributed by atoms with E-state index in [9.17, 15) is 0 Å². The first-order valence-corrected chi connectivity index (χ1v) is 4.94. The van der Waals surface area contributed by atoms with Crippen LogP contribution in [0.4, 0.5) is 0 Å². The summed E-state index contributed by atoms with van der Waals surface area (Å²) in [5.74, 6) is 0. The third-order valence-electron chi connectivity index (χ3n) is 2.28. The van der Waals surface area contributed by atoms with Crippen molar-refractivity contribution in [2.75, 3.05) is 13.2 Å². The Morgan fingerprint density at radius 2 is 2.14 bits per heavy atom. The molecule has 0 amide bonds. The van der Waals surface area contributed by atoms with Gasteiger partial charge in [0.25, 0.3) is 0 Å². The number of hydrogen-bond acceptors (Lipinski definition) is 2. The molecule has 0 bridgehead atoms. The van der Waals surface area contributed by atoms with E-state index in [2.05, 4.69) is 6.07 Å². The van der Waals surface area contributed by atoms with E-state index in [1.807, 2.05) is 31.4 Å². The smallest absolute Gasteiger partial charge is 0.134 e. The quantitative estimate of drug-likeness (QED) is 0.691. The SMILES string of the molecule is CCOCCc1coc2ccccc12. The maximum Gasteiger partial charge on any atom is 0.134 e. The van der Waals surface area contributed by atoms with Crippen molar-refractivity contribution in [3.05, 3.63) is 36.1 Å². The van der Waals surface area contributed by atoms with Gasteiger partial charge in [-0.2, -0.15) is 0 Å². The van der Waals surface area contributed by atoms with Crippen molar-refractivity contribution in [2.45, 2.75) is 13.3 Å². The van der Waals surface area contributed by atoms with Crippen molar-refractivity contribution in [3.63, 3.8) is 0 Å². The minimum Gasteiger partial charge on any atom is -0.464 e. The van der Waals surface area contributed by atoms with E-state index >= 15 is 0 Å². The normalized spacial score (nSPS) is 10.9. The zero-order valence-corrected chi connectivity index (χ0v) is 8.32. The van der Waals surface area contributed by atoms with Gasteiger partial charge in [0, 0.05) is 17.6 Å². The maximum absolute atomic E-state index is 5.42. The summed E-state index contributed by atoms with van der Waals surface area (Å²) in [7, 11) is 0. The van der Waals surface area contributed by atoms with Crippen LogP contribution < -0.4 is 0 Å². The average Bonchev–Trinajstić information content (AvgIpc) is 2.63. The van der Waals surface area contributed by atoms with E-state index in [0.717, 1.165) is 25.2 Å². The summed E-state index contributed by atoms with van der Waals surface area (Å²) in [6.07, 6.45) is 2.74. The molecule has 0 aliphatic heterocycles. The van der Waals surface area contributed by atoms with E-state index in [1.54, 1.807) is 0 Å². The lowest BCUT2D eigenvalue weighted by Gasteiger charge is -1.98. The lowest BCUT2D eigenvalue weighted by Crippen LogP contribution is -1.96. The van der Waals surface area contributed by atoms with Crippen molar-refractivity contribution >= 4 is 11.0 Å². The lowest BCUT2D eigenvalue weighted by molar-refractivity contribution is 0.151. The van der Waals surface area contributed by atoms with Crippen molar-refractivity contribution in [1.82, 2.24) is 0 Å². The van der Waals surface area contributed by atoms with Crippen molar-refractivity contribution in [1.29, 1.82) is 0 Å². The second-order valence-corrected chi connectivity index (χ2v) is 3.20. The number of fused-ring (bicyclic) bond motifs is 1. The molecule has 0 N–H and O–H groups in total. The van der Waals surface area contributed by atoms with Gasteiger partial charge in [-0.25, -0.2) is 0 Å². The van der Waals surface area contributed by atoms with Gasteiger partial charge in [0.2, 0.25) is 0 Å². The summed E-state index contributed by atoms with van der Waals surface area (Å²) in [6.45, 7) is 3.54. The van der Waals surface area contributed by atoms with Crippen LogP contribution in [-0.2, 0) is 11.2 Å². The number of benzene rings is 1. The summed E-state index contributed by atoms with van der Waals surface area (Å²) in [4.78, 5) is 0. The molecule has 2 heteroatoms. The first-order valence-electron chi connectivity index (χ1n) is 4.94. The minimum atomic E-state index is 0.764. The molecule has 14 heavy (non-hydrogen) atoms. The zero-order chi connectivity index (χ0) is 9.80. The number of hydrogen-bond donors (Lipinski definition) is 0. The van der Waals surface area contributed by atoms with Crippen LogP contribution in [0.1, 0.15) is 12.5 Å². The van der Waals surface area contributed by atoms with Crippen LogP contribution in [-0.4, -0.2) is 13.2 Å². The predicted octanol–water partition coefficient (Wildman–Crippen LogP) is 3.01. The summed E-state index contributed by atoms with van der Waals surface area (Å²) >= 11 is 0. The fraction of sp³-hybridized carbons (Fsp3) is 0.333. The molecule has 1 aromatic carbocycles. The molecular weight excluding hydrogens is 176 g/mol. The van der Waals surface area contributed by atoms with E-state index in [-0.39, 0.29) is 0 Å². The predicted molar refractivity (Wildman–Crippen MR) is 56.4 cm³/mol. The number of rotatable bonds is 4. The zero-order valence-electron chi connectivity index (χ0n) is 8.32. The fourth-order valence-electron chi connectivity index (χ4n) is 1.55. The highest BCUT2D eigenvalue weighted by atomic mass is 16.5. The Morgan fingerprint density at radius 3 is 3.00 bits per heavy atom. The molecule has 1 heterocycles. The molecule has 0 saturated heterocycles. The Balaban J connectivity index is 2.17. The van der Waals surface area contributed by atoms with Gasteiger partial charge in [0.05, 0.1) is 12.9 Å². The standard InChI is InChI=1S/C12H14O2/c1-2-13-8-7-10-9-14-12-6-4-3-5-11(10)12/h3-6,9H,2,7-8H2,1H3. The van der Waals surface area contributed by atoms with E-state index in [0.29, 0.717) is 0 Å². The molecule has 74 valence electrons. The summed E-state index contributed by atoms with van der Waals surface area (Å²) < 4.78 is 10.7. The van der Waals surface area contributed by atoms with Gasteiger partial charge >= 0.3 is 0 Å². The molecule has 0 atom stereocenters. The summed E-state index contributed by atoms with van der Waals surface area (Å²) in [5, 5.41) is 1.20. The molecule has 1 aromatic heterocycles. The van der Waals surface area contributed by atoms with E-state index < -0.39 is 0 Å². The van der Waals surface area contributed by atoms with Gasteiger partial charge in [-0.3, -0.25) is 0 Å². The Kier molecular flexibility index (Phi) is 2.84. The Labute approximate surface area is 83.5 Å². The number of para-hydroxylation sites is 1. The maximum atomic E-state index is 5.42. The minimum absolute atomic E-state index is 0.764.